The number of hydrogen-bond acceptors (Lipinski definition) is 3. The molecule has 0 atom stereocenters. The molecule has 0 bridgehead atoms. The summed E-state index contributed by atoms with van der Waals surface area (Å²) in [6.07, 6.45) is 0. The molecule has 0 saturated heterocycles. The van der Waals surface area contributed by atoms with E-state index in [4.69, 9.17) is 5.11 Å². The molecule has 0 aliphatic rings. The molecular weight excluding hydrogens is 288 g/mol. The van der Waals surface area contributed by atoms with Crippen LogP contribution in [0.4, 0.5) is 0 Å². The Balaban J connectivity index is 2.60. The van der Waals surface area contributed by atoms with Crippen LogP contribution in [0.2, 0.25) is 0 Å². The average molecular weight is 295 g/mol. The van der Waals surface area contributed by atoms with Gasteiger partial charge in [0.05, 0.1) is 5.69 Å². The first-order chi connectivity index (χ1) is 8.06. The molecule has 1 heterocycles. The molecule has 86 valence electrons. The van der Waals surface area contributed by atoms with Crippen LogP contribution in [0.25, 0.3) is 11.3 Å². The molecule has 6 heteroatoms. The lowest BCUT2D eigenvalue weighted by molar-refractivity contribution is 0.0690. The SMILES string of the molecule is O=C(O)c1cc(-c2cccc(Br)c2)nc(=O)[nH]1. The van der Waals surface area contributed by atoms with Crippen molar-refractivity contribution in [3.05, 3.63) is 51.0 Å². The van der Waals surface area contributed by atoms with Crippen molar-refractivity contribution in [1.82, 2.24) is 9.97 Å². The zero-order valence-corrected chi connectivity index (χ0v) is 10.1. The van der Waals surface area contributed by atoms with Crippen LogP contribution in [0, 0.1) is 0 Å². The molecule has 2 rings (SSSR count). The molecule has 1 aromatic carbocycles. The van der Waals surface area contributed by atoms with Gasteiger partial charge in [-0.25, -0.2) is 9.59 Å². The van der Waals surface area contributed by atoms with E-state index in [2.05, 4.69) is 25.9 Å². The first-order valence-electron chi connectivity index (χ1n) is 4.67. The largest absolute Gasteiger partial charge is 0.477 e. The number of nitrogens with one attached hydrogen (secondary N) is 1. The van der Waals surface area contributed by atoms with Gasteiger partial charge in [0.1, 0.15) is 5.69 Å². The third kappa shape index (κ3) is 2.59. The van der Waals surface area contributed by atoms with Crippen LogP contribution < -0.4 is 5.69 Å². The molecule has 1 aromatic heterocycles. The van der Waals surface area contributed by atoms with E-state index < -0.39 is 11.7 Å². The number of aromatic amines is 1. The summed E-state index contributed by atoms with van der Waals surface area (Å²) < 4.78 is 0.828. The van der Waals surface area contributed by atoms with Crippen LogP contribution in [0.1, 0.15) is 10.5 Å². The Labute approximate surface area is 104 Å². The number of aromatic carboxylic acids is 1. The highest BCUT2D eigenvalue weighted by atomic mass is 79.9. The number of nitrogens with zero attached hydrogens (tertiary/aromatic N) is 1. The predicted octanol–water partition coefficient (Wildman–Crippen LogP) is 1.90. The van der Waals surface area contributed by atoms with Gasteiger partial charge in [-0.05, 0) is 18.2 Å². The molecule has 2 aromatic rings. The summed E-state index contributed by atoms with van der Waals surface area (Å²) >= 11 is 3.30. The van der Waals surface area contributed by atoms with E-state index in [9.17, 15) is 9.59 Å². The second-order valence-electron chi connectivity index (χ2n) is 3.30. The van der Waals surface area contributed by atoms with E-state index >= 15 is 0 Å². The fraction of sp³-hybridized carbons (Fsp3) is 0. The molecule has 17 heavy (non-hydrogen) atoms. The Kier molecular flexibility index (Phi) is 3.06. The number of rotatable bonds is 2. The van der Waals surface area contributed by atoms with Crippen LogP contribution in [0.5, 0.6) is 0 Å². The zero-order valence-electron chi connectivity index (χ0n) is 8.48. The number of halogens is 1. The standard InChI is InChI=1S/C11H7BrN2O3/c12-7-3-1-2-6(4-7)8-5-9(10(15)16)14-11(17)13-8/h1-5H,(H,15,16)(H,13,14,17). The smallest absolute Gasteiger partial charge is 0.352 e. The summed E-state index contributed by atoms with van der Waals surface area (Å²) in [6, 6.07) is 8.44. The Morgan fingerprint density at radius 2 is 2.12 bits per heavy atom. The number of aromatic nitrogens is 2. The van der Waals surface area contributed by atoms with E-state index in [0.29, 0.717) is 11.3 Å². The number of carboxylic acids is 1. The van der Waals surface area contributed by atoms with Crippen LogP contribution in [0.15, 0.2) is 39.6 Å². The van der Waals surface area contributed by atoms with E-state index in [-0.39, 0.29) is 5.69 Å². The van der Waals surface area contributed by atoms with Crippen molar-refractivity contribution in [3.8, 4) is 11.3 Å². The summed E-state index contributed by atoms with van der Waals surface area (Å²) in [5, 5.41) is 8.83. The van der Waals surface area contributed by atoms with Gasteiger partial charge >= 0.3 is 11.7 Å². The maximum atomic E-state index is 11.2. The van der Waals surface area contributed by atoms with Gasteiger partial charge in [-0.15, -0.1) is 0 Å². The lowest BCUT2D eigenvalue weighted by Gasteiger charge is -2.02. The zero-order chi connectivity index (χ0) is 12.4. The molecule has 2 N–H and O–H groups in total. The fourth-order valence-corrected chi connectivity index (χ4v) is 1.77. The first-order valence-corrected chi connectivity index (χ1v) is 5.46. The Hall–Kier alpha value is -1.95. The molecule has 0 amide bonds. The molecule has 0 aliphatic heterocycles. The molecule has 0 fully saturated rings. The van der Waals surface area contributed by atoms with Crippen molar-refractivity contribution >= 4 is 21.9 Å². The molecule has 0 radical (unpaired) electrons. The van der Waals surface area contributed by atoms with Gasteiger partial charge in [-0.2, -0.15) is 4.98 Å². The van der Waals surface area contributed by atoms with E-state index in [1.807, 2.05) is 6.07 Å². The van der Waals surface area contributed by atoms with Crippen LogP contribution >= 0.6 is 15.9 Å². The van der Waals surface area contributed by atoms with Crippen LogP contribution in [-0.2, 0) is 0 Å². The van der Waals surface area contributed by atoms with Crippen molar-refractivity contribution in [2.24, 2.45) is 0 Å². The van der Waals surface area contributed by atoms with Gasteiger partial charge < -0.3 is 5.11 Å². The third-order valence-corrected chi connectivity index (χ3v) is 2.59. The number of carbonyl (C=O) groups is 1. The van der Waals surface area contributed by atoms with E-state index in [0.717, 1.165) is 4.47 Å². The normalized spacial score (nSPS) is 10.2. The fourth-order valence-electron chi connectivity index (χ4n) is 1.37. The van der Waals surface area contributed by atoms with Crippen molar-refractivity contribution in [1.29, 1.82) is 0 Å². The second kappa shape index (κ2) is 4.50. The van der Waals surface area contributed by atoms with Gasteiger partial charge in [0, 0.05) is 10.0 Å². The predicted molar refractivity (Wildman–Crippen MR) is 65.0 cm³/mol. The van der Waals surface area contributed by atoms with Gasteiger partial charge in [-0.3, -0.25) is 4.98 Å². The van der Waals surface area contributed by atoms with E-state index in [1.165, 1.54) is 6.07 Å². The third-order valence-electron chi connectivity index (χ3n) is 2.10. The number of benzene rings is 1. The molecule has 0 unspecified atom stereocenters. The van der Waals surface area contributed by atoms with Gasteiger partial charge in [0.2, 0.25) is 0 Å². The molecule has 0 aliphatic carbocycles. The Morgan fingerprint density at radius 1 is 1.35 bits per heavy atom. The molecular formula is C11H7BrN2O3. The van der Waals surface area contributed by atoms with Gasteiger partial charge in [-0.1, -0.05) is 28.1 Å². The second-order valence-corrected chi connectivity index (χ2v) is 4.22. The maximum absolute atomic E-state index is 11.2. The number of H-pyrrole nitrogens is 1. The Morgan fingerprint density at radius 3 is 2.76 bits per heavy atom. The molecule has 0 spiro atoms. The minimum absolute atomic E-state index is 0.181. The van der Waals surface area contributed by atoms with Crippen molar-refractivity contribution in [2.45, 2.75) is 0 Å². The monoisotopic (exact) mass is 294 g/mol. The summed E-state index contributed by atoms with van der Waals surface area (Å²) in [5.41, 5.74) is 0.139. The molecule has 0 saturated carbocycles. The minimum atomic E-state index is -1.19. The highest BCUT2D eigenvalue weighted by Gasteiger charge is 2.08. The number of hydrogen-bond donors (Lipinski definition) is 2. The van der Waals surface area contributed by atoms with Gasteiger partial charge in [0.15, 0.2) is 0 Å². The van der Waals surface area contributed by atoms with Crippen molar-refractivity contribution < 1.29 is 9.90 Å². The van der Waals surface area contributed by atoms with Crippen LogP contribution in [-0.4, -0.2) is 21.0 Å². The van der Waals surface area contributed by atoms with Gasteiger partial charge in [0.25, 0.3) is 0 Å². The topological polar surface area (TPSA) is 83.0 Å². The first kappa shape index (κ1) is 11.5. The summed E-state index contributed by atoms with van der Waals surface area (Å²) in [4.78, 5) is 27.9. The van der Waals surface area contributed by atoms with Crippen LogP contribution in [0.3, 0.4) is 0 Å². The summed E-state index contributed by atoms with van der Waals surface area (Å²) in [7, 11) is 0. The summed E-state index contributed by atoms with van der Waals surface area (Å²) in [6.45, 7) is 0. The quantitative estimate of drug-likeness (QED) is 0.886. The lowest BCUT2D eigenvalue weighted by Crippen LogP contribution is -2.16. The summed E-state index contributed by atoms with van der Waals surface area (Å²) in [5.74, 6) is -1.19. The average Bonchev–Trinajstić information content (AvgIpc) is 2.28. The molecule has 5 nitrogen and oxygen atoms in total. The minimum Gasteiger partial charge on any atom is -0.477 e. The highest BCUT2D eigenvalue weighted by Crippen LogP contribution is 2.20. The maximum Gasteiger partial charge on any atom is 0.352 e. The van der Waals surface area contributed by atoms with Crippen molar-refractivity contribution in [3.63, 3.8) is 0 Å². The lowest BCUT2D eigenvalue weighted by atomic mass is 10.1. The van der Waals surface area contributed by atoms with E-state index in [1.54, 1.807) is 18.2 Å². The number of carboxylic acid groups (broad SMARTS) is 1. The Bertz CT molecular complexity index is 637. The highest BCUT2D eigenvalue weighted by molar-refractivity contribution is 9.10. The van der Waals surface area contributed by atoms with Crippen molar-refractivity contribution in [2.75, 3.05) is 0 Å².